The summed E-state index contributed by atoms with van der Waals surface area (Å²) in [6, 6.07) is -4.44. The van der Waals surface area contributed by atoms with Gasteiger partial charge in [-0.15, -0.1) is 0 Å². The van der Waals surface area contributed by atoms with Crippen LogP contribution in [0.5, 0.6) is 0 Å². The maximum atomic E-state index is 14.2. The fourth-order valence-electron chi connectivity index (χ4n) is 6.28. The summed E-state index contributed by atoms with van der Waals surface area (Å²) in [5, 5.41) is 8.35. The summed E-state index contributed by atoms with van der Waals surface area (Å²) >= 11 is 0. The molecule has 0 spiro atoms. The zero-order valence-corrected chi connectivity index (χ0v) is 29.7. The number of amides is 5. The van der Waals surface area contributed by atoms with E-state index in [0.717, 1.165) is 12.8 Å². The van der Waals surface area contributed by atoms with Crippen LogP contribution >= 0.6 is 0 Å². The van der Waals surface area contributed by atoms with E-state index < -0.39 is 79.1 Å². The zero-order valence-electron chi connectivity index (χ0n) is 28.9. The van der Waals surface area contributed by atoms with Gasteiger partial charge in [-0.05, 0) is 61.2 Å². The molecule has 0 aromatic heterocycles. The lowest BCUT2D eigenvalue weighted by Crippen LogP contribution is -2.62. The molecule has 256 valence electrons. The fourth-order valence-corrected chi connectivity index (χ4v) is 7.81. The minimum Gasteiger partial charge on any atom is -0.363 e. The van der Waals surface area contributed by atoms with Gasteiger partial charge in [-0.2, -0.15) is 0 Å². The average molecular weight is 654 g/mol. The molecule has 0 aromatic carbocycles. The standard InChI is InChI=1S/C32H55N5O7S/c1-29(2,3)20(16-45(43,44)31(7,8)9)35-28(42)36-24(30(4,5)6)27(41)37-15-18-21(32(18,10)11)22(37)26(40)34-19(14-17-12-13-17)23(38)25(33)39/h17-22,24H,12-16H2,1-11H3,(H2,33,39)(H,34,40)(H2,35,36,42)/t18?,19?,20-,21?,22?,24-/m1/s1. The van der Waals surface area contributed by atoms with Crippen molar-refractivity contribution in [2.24, 2.45) is 39.7 Å². The highest BCUT2D eigenvalue weighted by Crippen LogP contribution is 2.65. The molecule has 5 N–H and O–H groups in total. The van der Waals surface area contributed by atoms with E-state index in [1.165, 1.54) is 4.90 Å². The SMILES string of the molecule is CC1(C)C2CN(C(=O)[C@@H](NC(=O)N[C@H](CS(=O)(=O)C(C)(C)C)C(C)(C)C)C(C)(C)C)C(C(=O)NC(CC3CC3)C(=O)C(N)=O)C21. The minimum absolute atomic E-state index is 0.0493. The number of nitrogens with one attached hydrogen (secondary N) is 3. The number of carbonyl (C=O) groups excluding carboxylic acids is 5. The number of nitrogens with zero attached hydrogens (tertiary/aromatic N) is 1. The highest BCUT2D eigenvalue weighted by Gasteiger charge is 2.70. The Balaban J connectivity index is 1.84. The number of sulfone groups is 1. The number of fused-ring (bicyclic) bond motifs is 1. The predicted molar refractivity (Wildman–Crippen MR) is 171 cm³/mol. The van der Waals surface area contributed by atoms with Crippen molar-refractivity contribution in [3.63, 3.8) is 0 Å². The number of rotatable bonds is 11. The molecule has 0 radical (unpaired) electrons. The van der Waals surface area contributed by atoms with Crippen LogP contribution in [0.15, 0.2) is 0 Å². The number of piperidine rings is 1. The van der Waals surface area contributed by atoms with Gasteiger partial charge in [-0.1, -0.05) is 68.2 Å². The number of Topliss-reactive ketones (excluding diaryl/α,β-unsaturated/α-hetero) is 1. The van der Waals surface area contributed by atoms with Crippen molar-refractivity contribution >= 4 is 39.4 Å². The molecule has 6 atom stereocenters. The lowest BCUT2D eigenvalue weighted by molar-refractivity contribution is -0.145. The number of hydrogen-bond acceptors (Lipinski definition) is 7. The molecule has 2 aliphatic carbocycles. The third-order valence-corrected chi connectivity index (χ3v) is 12.6. The Morgan fingerprint density at radius 1 is 0.889 bits per heavy atom. The topological polar surface area (TPSA) is 185 Å². The highest BCUT2D eigenvalue weighted by molar-refractivity contribution is 7.92. The normalized spacial score (nSPS) is 25.0. The molecule has 45 heavy (non-hydrogen) atoms. The van der Waals surface area contributed by atoms with Gasteiger partial charge in [0.05, 0.1) is 16.5 Å². The van der Waals surface area contributed by atoms with Crippen LogP contribution in [0.4, 0.5) is 4.79 Å². The molecule has 13 heteroatoms. The largest absolute Gasteiger partial charge is 0.363 e. The number of ketones is 1. The van der Waals surface area contributed by atoms with Gasteiger partial charge in [-0.25, -0.2) is 13.2 Å². The highest BCUT2D eigenvalue weighted by atomic mass is 32.2. The van der Waals surface area contributed by atoms with E-state index >= 15 is 0 Å². The molecule has 3 rings (SSSR count). The zero-order chi connectivity index (χ0) is 34.7. The van der Waals surface area contributed by atoms with Gasteiger partial charge < -0.3 is 26.6 Å². The van der Waals surface area contributed by atoms with Crippen molar-refractivity contribution in [2.75, 3.05) is 12.3 Å². The smallest absolute Gasteiger partial charge is 0.315 e. The second-order valence-corrected chi connectivity index (χ2v) is 19.9. The Kier molecular flexibility index (Phi) is 9.93. The summed E-state index contributed by atoms with van der Waals surface area (Å²) in [5.74, 6) is -3.09. The second-order valence-electron chi connectivity index (χ2n) is 17.1. The van der Waals surface area contributed by atoms with E-state index in [4.69, 9.17) is 5.73 Å². The van der Waals surface area contributed by atoms with Gasteiger partial charge in [0.15, 0.2) is 9.84 Å². The van der Waals surface area contributed by atoms with Crippen LogP contribution in [0.3, 0.4) is 0 Å². The predicted octanol–water partition coefficient (Wildman–Crippen LogP) is 2.15. The van der Waals surface area contributed by atoms with E-state index in [1.54, 1.807) is 41.5 Å². The molecule has 5 amide bonds. The van der Waals surface area contributed by atoms with Gasteiger partial charge in [0.25, 0.3) is 5.91 Å². The lowest BCUT2D eigenvalue weighted by Gasteiger charge is -2.39. The molecule has 0 aromatic rings. The number of carbonyl (C=O) groups is 5. The number of primary amides is 1. The fraction of sp³-hybridized carbons (Fsp3) is 0.844. The summed E-state index contributed by atoms with van der Waals surface area (Å²) in [4.78, 5) is 67.3. The molecule has 3 aliphatic rings. The molecule has 1 aliphatic heterocycles. The average Bonchev–Trinajstić information content (AvgIpc) is 3.71. The van der Waals surface area contributed by atoms with Crippen LogP contribution in [0, 0.1) is 34.0 Å². The van der Waals surface area contributed by atoms with Crippen molar-refractivity contribution in [3.8, 4) is 0 Å². The summed E-state index contributed by atoms with van der Waals surface area (Å²) in [7, 11) is -3.58. The van der Waals surface area contributed by atoms with E-state index in [2.05, 4.69) is 16.0 Å². The summed E-state index contributed by atoms with van der Waals surface area (Å²) in [5.41, 5.74) is 3.69. The molecular formula is C32H55N5O7S. The Bertz CT molecular complexity index is 1320. The molecule has 12 nitrogen and oxygen atoms in total. The Morgan fingerprint density at radius 2 is 1.44 bits per heavy atom. The molecule has 1 heterocycles. The van der Waals surface area contributed by atoms with Crippen LogP contribution in [0.2, 0.25) is 0 Å². The summed E-state index contributed by atoms with van der Waals surface area (Å²) in [6.45, 7) is 20.1. The number of hydrogen-bond donors (Lipinski definition) is 4. The van der Waals surface area contributed by atoms with Crippen LogP contribution in [0.1, 0.15) is 95.4 Å². The van der Waals surface area contributed by atoms with Crippen LogP contribution < -0.4 is 21.7 Å². The first-order chi connectivity index (χ1) is 20.2. The van der Waals surface area contributed by atoms with E-state index in [9.17, 15) is 32.4 Å². The third kappa shape index (κ3) is 8.18. The van der Waals surface area contributed by atoms with Gasteiger partial charge >= 0.3 is 6.03 Å². The molecule has 4 unspecified atom stereocenters. The van der Waals surface area contributed by atoms with E-state index in [-0.39, 0.29) is 28.9 Å². The van der Waals surface area contributed by atoms with Gasteiger partial charge in [0, 0.05) is 12.6 Å². The molecule has 0 bridgehead atoms. The summed E-state index contributed by atoms with van der Waals surface area (Å²) in [6.07, 6.45) is 2.13. The first-order valence-corrected chi connectivity index (χ1v) is 17.6. The van der Waals surface area contributed by atoms with Crippen molar-refractivity contribution in [1.29, 1.82) is 0 Å². The lowest BCUT2D eigenvalue weighted by atomic mass is 9.85. The van der Waals surface area contributed by atoms with Crippen molar-refractivity contribution in [1.82, 2.24) is 20.9 Å². The van der Waals surface area contributed by atoms with E-state index in [1.807, 2.05) is 34.6 Å². The van der Waals surface area contributed by atoms with Crippen LogP contribution in [-0.2, 0) is 29.0 Å². The van der Waals surface area contributed by atoms with E-state index in [0.29, 0.717) is 13.0 Å². The molecule has 1 saturated heterocycles. The third-order valence-electron chi connectivity index (χ3n) is 9.96. The van der Waals surface area contributed by atoms with Crippen LogP contribution in [-0.4, -0.2) is 84.1 Å². The molecule has 2 saturated carbocycles. The minimum atomic E-state index is -3.58. The Hall–Kier alpha value is -2.70. The molecular weight excluding hydrogens is 598 g/mol. The van der Waals surface area contributed by atoms with Crippen molar-refractivity contribution < 1.29 is 32.4 Å². The Labute approximate surface area is 268 Å². The van der Waals surface area contributed by atoms with Crippen molar-refractivity contribution in [2.45, 2.75) is 124 Å². The van der Waals surface area contributed by atoms with Gasteiger partial charge in [0.1, 0.15) is 12.1 Å². The molecule has 3 fully saturated rings. The summed E-state index contributed by atoms with van der Waals surface area (Å²) < 4.78 is 25.1. The van der Waals surface area contributed by atoms with Crippen LogP contribution in [0.25, 0.3) is 0 Å². The maximum absolute atomic E-state index is 14.2. The Morgan fingerprint density at radius 3 is 1.89 bits per heavy atom. The number of likely N-dealkylation sites (tertiary alicyclic amines) is 1. The number of urea groups is 1. The first-order valence-electron chi connectivity index (χ1n) is 15.9. The first kappa shape index (κ1) is 36.8. The van der Waals surface area contributed by atoms with Gasteiger partial charge in [-0.3, -0.25) is 19.2 Å². The monoisotopic (exact) mass is 653 g/mol. The number of nitrogens with two attached hydrogens (primary N) is 1. The second kappa shape index (κ2) is 12.2. The maximum Gasteiger partial charge on any atom is 0.315 e. The van der Waals surface area contributed by atoms with Gasteiger partial charge in [0.2, 0.25) is 17.6 Å². The quantitative estimate of drug-likeness (QED) is 0.246. The van der Waals surface area contributed by atoms with Crippen molar-refractivity contribution in [3.05, 3.63) is 0 Å².